The number of imidazole rings is 1. The van der Waals surface area contributed by atoms with Gasteiger partial charge in [0.2, 0.25) is 5.91 Å². The minimum atomic E-state index is -0.351. The van der Waals surface area contributed by atoms with E-state index in [0.717, 1.165) is 27.7 Å². The second-order valence-electron chi connectivity index (χ2n) is 8.01. The van der Waals surface area contributed by atoms with Gasteiger partial charge in [0.1, 0.15) is 5.82 Å². The number of amides is 2. The number of hydrogen-bond donors (Lipinski definition) is 3. The summed E-state index contributed by atoms with van der Waals surface area (Å²) in [4.78, 5) is 33.2. The van der Waals surface area contributed by atoms with E-state index in [1.165, 1.54) is 0 Å². The normalized spacial score (nSPS) is 11.8. The molecule has 4 rings (SSSR count). The Morgan fingerprint density at radius 2 is 1.62 bits per heavy atom. The minimum Gasteiger partial charge on any atom is -0.344 e. The van der Waals surface area contributed by atoms with E-state index >= 15 is 0 Å². The molecule has 0 bridgehead atoms. The third-order valence-electron chi connectivity index (χ3n) is 5.25. The van der Waals surface area contributed by atoms with Gasteiger partial charge in [-0.25, -0.2) is 4.98 Å². The summed E-state index contributed by atoms with van der Waals surface area (Å²) in [5.74, 6) is 0.142. The number of carbonyl (C=O) groups is 2. The van der Waals surface area contributed by atoms with Crippen molar-refractivity contribution >= 4 is 22.8 Å². The van der Waals surface area contributed by atoms with Crippen molar-refractivity contribution in [3.8, 4) is 0 Å². The van der Waals surface area contributed by atoms with E-state index in [9.17, 15) is 9.59 Å². The van der Waals surface area contributed by atoms with Crippen molar-refractivity contribution in [1.29, 1.82) is 0 Å². The Hall–Kier alpha value is -3.93. The number of nitrogens with one attached hydrogen (secondary N) is 3. The van der Waals surface area contributed by atoms with Crippen molar-refractivity contribution in [2.75, 3.05) is 6.54 Å². The zero-order valence-electron chi connectivity index (χ0n) is 18.2. The lowest BCUT2D eigenvalue weighted by Crippen LogP contribution is -2.39. The summed E-state index contributed by atoms with van der Waals surface area (Å²) < 4.78 is 0. The van der Waals surface area contributed by atoms with Gasteiger partial charge in [0, 0.05) is 5.56 Å². The molecule has 3 aromatic carbocycles. The lowest BCUT2D eigenvalue weighted by atomic mass is 10.1. The van der Waals surface area contributed by atoms with Crippen LogP contribution < -0.4 is 10.6 Å². The van der Waals surface area contributed by atoms with Crippen molar-refractivity contribution in [1.82, 2.24) is 20.6 Å². The van der Waals surface area contributed by atoms with Gasteiger partial charge in [-0.15, -0.1) is 0 Å². The molecule has 4 aromatic rings. The molecule has 0 fully saturated rings. The summed E-state index contributed by atoms with van der Waals surface area (Å²) >= 11 is 0. The first-order valence-electron chi connectivity index (χ1n) is 10.6. The first-order valence-corrected chi connectivity index (χ1v) is 10.6. The summed E-state index contributed by atoms with van der Waals surface area (Å²) in [5.41, 5.74) is 5.40. The molecule has 6 nitrogen and oxygen atoms in total. The molecular formula is C26H26N4O2. The highest BCUT2D eigenvalue weighted by Gasteiger charge is 2.19. The molecule has 0 radical (unpaired) electrons. The van der Waals surface area contributed by atoms with Crippen LogP contribution in [0.25, 0.3) is 11.0 Å². The molecule has 6 heteroatoms. The predicted octanol–water partition coefficient (Wildman–Crippen LogP) is 4.01. The number of hydrogen-bond acceptors (Lipinski definition) is 3. The van der Waals surface area contributed by atoms with E-state index in [1.54, 1.807) is 0 Å². The Morgan fingerprint density at radius 3 is 2.34 bits per heavy atom. The van der Waals surface area contributed by atoms with Crippen LogP contribution >= 0.6 is 0 Å². The Balaban J connectivity index is 1.47. The Labute approximate surface area is 187 Å². The van der Waals surface area contributed by atoms with Crippen molar-refractivity contribution in [3.63, 3.8) is 0 Å². The minimum absolute atomic E-state index is 0.114. The fourth-order valence-corrected chi connectivity index (χ4v) is 3.82. The maximum Gasteiger partial charge on any atom is 0.251 e. The molecule has 32 heavy (non-hydrogen) atoms. The Bertz CT molecular complexity index is 1190. The first kappa shape index (κ1) is 21.3. The van der Waals surface area contributed by atoms with Crippen LogP contribution in [0.15, 0.2) is 72.8 Å². The molecule has 0 aliphatic carbocycles. The molecule has 0 saturated carbocycles. The van der Waals surface area contributed by atoms with Crippen LogP contribution in [0.5, 0.6) is 0 Å². The fraction of sp³-hybridized carbons (Fsp3) is 0.192. The van der Waals surface area contributed by atoms with Gasteiger partial charge in [-0.3, -0.25) is 9.59 Å². The quantitative estimate of drug-likeness (QED) is 0.417. The third kappa shape index (κ3) is 5.21. The molecule has 0 saturated heterocycles. The van der Waals surface area contributed by atoms with Crippen LogP contribution in [0.4, 0.5) is 0 Å². The highest BCUT2D eigenvalue weighted by atomic mass is 16.2. The maximum atomic E-state index is 12.7. The number of para-hydroxylation sites is 2. The predicted molar refractivity (Wildman–Crippen MR) is 125 cm³/mol. The maximum absolute atomic E-state index is 12.7. The summed E-state index contributed by atoms with van der Waals surface area (Å²) in [6.07, 6.45) is 0.581. The van der Waals surface area contributed by atoms with E-state index < -0.39 is 0 Å². The van der Waals surface area contributed by atoms with E-state index in [4.69, 9.17) is 0 Å². The van der Waals surface area contributed by atoms with E-state index in [2.05, 4.69) is 20.6 Å². The molecule has 162 valence electrons. The van der Waals surface area contributed by atoms with E-state index in [1.807, 2.05) is 86.6 Å². The summed E-state index contributed by atoms with van der Waals surface area (Å²) in [5, 5.41) is 5.74. The van der Waals surface area contributed by atoms with Gasteiger partial charge in [-0.05, 0) is 50.1 Å². The highest BCUT2D eigenvalue weighted by molar-refractivity contribution is 5.96. The number of carbonyl (C=O) groups excluding carboxylic acids is 2. The molecule has 3 N–H and O–H groups in total. The first-order chi connectivity index (χ1) is 15.5. The number of fused-ring (bicyclic) bond motifs is 1. The van der Waals surface area contributed by atoms with Gasteiger partial charge in [0.15, 0.2) is 0 Å². The van der Waals surface area contributed by atoms with Gasteiger partial charge in [0.05, 0.1) is 23.6 Å². The topological polar surface area (TPSA) is 86.9 Å². The third-order valence-corrected chi connectivity index (χ3v) is 5.25. The number of aromatic nitrogens is 2. The lowest BCUT2D eigenvalue weighted by molar-refractivity contribution is -0.120. The van der Waals surface area contributed by atoms with E-state index in [0.29, 0.717) is 17.8 Å². The van der Waals surface area contributed by atoms with Crippen LogP contribution in [-0.4, -0.2) is 28.3 Å². The summed E-state index contributed by atoms with van der Waals surface area (Å²) in [6.45, 7) is 3.77. The van der Waals surface area contributed by atoms with Crippen LogP contribution in [0.2, 0.25) is 0 Å². The van der Waals surface area contributed by atoms with Crippen molar-refractivity contribution in [2.24, 2.45) is 0 Å². The number of aromatic amines is 1. The van der Waals surface area contributed by atoms with Gasteiger partial charge < -0.3 is 15.6 Å². The SMILES string of the molecule is Cc1cc(C)cc(C(=O)NCC(=O)N[C@@H](Cc2ccccc2)c2nc3ccccc3[nH]2)c1. The Kier molecular flexibility index (Phi) is 6.31. The fourth-order valence-electron chi connectivity index (χ4n) is 3.82. The molecule has 1 heterocycles. The monoisotopic (exact) mass is 426 g/mol. The second-order valence-corrected chi connectivity index (χ2v) is 8.01. The average molecular weight is 427 g/mol. The molecule has 1 aromatic heterocycles. The molecule has 0 aliphatic heterocycles. The Morgan fingerprint density at radius 1 is 0.938 bits per heavy atom. The average Bonchev–Trinajstić information content (AvgIpc) is 3.21. The largest absolute Gasteiger partial charge is 0.344 e. The zero-order chi connectivity index (χ0) is 22.5. The number of aryl methyl sites for hydroxylation is 2. The van der Waals surface area contributed by atoms with Crippen molar-refractivity contribution in [2.45, 2.75) is 26.3 Å². The number of rotatable bonds is 7. The van der Waals surface area contributed by atoms with Gasteiger partial charge in [-0.2, -0.15) is 0 Å². The second kappa shape index (κ2) is 9.47. The molecule has 2 amide bonds. The van der Waals surface area contributed by atoms with Crippen LogP contribution in [0.3, 0.4) is 0 Å². The summed E-state index contributed by atoms with van der Waals surface area (Å²) in [6, 6.07) is 23.0. The van der Waals surface area contributed by atoms with Crippen molar-refractivity contribution in [3.05, 3.63) is 101 Å². The standard InChI is InChI=1S/C26H26N4O2/c1-17-12-18(2)14-20(13-17)26(32)27-16-24(31)28-23(15-19-8-4-3-5-9-19)25-29-21-10-6-7-11-22(21)30-25/h3-14,23H,15-16H2,1-2H3,(H,27,32)(H,28,31)(H,29,30)/t23-/m0/s1. The van der Waals surface area contributed by atoms with Gasteiger partial charge >= 0.3 is 0 Å². The number of H-pyrrole nitrogens is 1. The molecular weight excluding hydrogens is 400 g/mol. The van der Waals surface area contributed by atoms with Crippen molar-refractivity contribution < 1.29 is 9.59 Å². The van der Waals surface area contributed by atoms with Crippen LogP contribution in [0.1, 0.15) is 38.9 Å². The summed E-state index contributed by atoms with van der Waals surface area (Å²) in [7, 11) is 0. The van der Waals surface area contributed by atoms with Gasteiger partial charge in [-0.1, -0.05) is 59.7 Å². The van der Waals surface area contributed by atoms with E-state index in [-0.39, 0.29) is 24.4 Å². The zero-order valence-corrected chi connectivity index (χ0v) is 18.2. The van der Waals surface area contributed by atoms with Crippen LogP contribution in [-0.2, 0) is 11.2 Å². The number of nitrogens with zero attached hydrogens (tertiary/aromatic N) is 1. The molecule has 1 atom stereocenters. The molecule has 0 spiro atoms. The highest BCUT2D eigenvalue weighted by Crippen LogP contribution is 2.20. The molecule has 0 aliphatic rings. The van der Waals surface area contributed by atoms with Gasteiger partial charge in [0.25, 0.3) is 5.91 Å². The number of benzene rings is 3. The van der Waals surface area contributed by atoms with Crippen LogP contribution in [0, 0.1) is 13.8 Å². The smallest absolute Gasteiger partial charge is 0.251 e. The lowest BCUT2D eigenvalue weighted by Gasteiger charge is -2.17. The molecule has 0 unspecified atom stereocenters.